The van der Waals surface area contributed by atoms with Gasteiger partial charge in [0.1, 0.15) is 36.6 Å². The molecule has 4 aliphatic rings. The van der Waals surface area contributed by atoms with Crippen LogP contribution in [0, 0.1) is 11.8 Å². The van der Waals surface area contributed by atoms with Crippen molar-refractivity contribution >= 4 is 5.91 Å². The maximum Gasteiger partial charge on any atom is 0.251 e. The predicted molar refractivity (Wildman–Crippen MR) is 147 cm³/mol. The summed E-state index contributed by atoms with van der Waals surface area (Å²) in [6, 6.07) is 0. The molecular weight excluding hydrogens is 554 g/mol. The summed E-state index contributed by atoms with van der Waals surface area (Å²) in [5.74, 6) is -0.853. The molecule has 4 fully saturated rings. The van der Waals surface area contributed by atoms with E-state index in [-0.39, 0.29) is 25.0 Å². The van der Waals surface area contributed by atoms with Gasteiger partial charge in [-0.1, -0.05) is 19.8 Å². The molecule has 3 heterocycles. The second-order valence-electron chi connectivity index (χ2n) is 12.3. The second kappa shape index (κ2) is 15.3. The number of hydrogen-bond donors (Lipinski definition) is 5. The first-order chi connectivity index (χ1) is 20.1. The van der Waals surface area contributed by atoms with Crippen molar-refractivity contribution in [2.45, 2.75) is 132 Å². The van der Waals surface area contributed by atoms with Gasteiger partial charge in [0.15, 0.2) is 12.6 Å². The van der Waals surface area contributed by atoms with Crippen LogP contribution >= 0.6 is 0 Å². The van der Waals surface area contributed by atoms with E-state index >= 15 is 0 Å². The molecule has 0 spiro atoms. The minimum atomic E-state index is -1.45. The van der Waals surface area contributed by atoms with Gasteiger partial charge in [0.2, 0.25) is 0 Å². The van der Waals surface area contributed by atoms with E-state index in [0.29, 0.717) is 32.3 Å². The molecule has 13 nitrogen and oxygen atoms in total. The number of aliphatic hydroxyl groups is 5. The van der Waals surface area contributed by atoms with Gasteiger partial charge in [0.25, 0.3) is 5.91 Å². The van der Waals surface area contributed by atoms with Gasteiger partial charge in [0.05, 0.1) is 37.6 Å². The van der Waals surface area contributed by atoms with Crippen LogP contribution in [0.25, 0.3) is 0 Å². The van der Waals surface area contributed by atoms with Crippen molar-refractivity contribution in [2.75, 3.05) is 33.9 Å². The molecule has 1 saturated carbocycles. The molecule has 3 saturated heterocycles. The fourth-order valence-corrected chi connectivity index (χ4v) is 6.46. The van der Waals surface area contributed by atoms with Crippen molar-refractivity contribution in [3.8, 4) is 0 Å². The van der Waals surface area contributed by atoms with Crippen LogP contribution in [-0.4, -0.2) is 144 Å². The topological polar surface area (TPSA) is 177 Å². The highest BCUT2D eigenvalue weighted by Crippen LogP contribution is 2.37. The molecule has 1 aliphatic carbocycles. The van der Waals surface area contributed by atoms with Crippen LogP contribution in [0.2, 0.25) is 0 Å². The van der Waals surface area contributed by atoms with Gasteiger partial charge in [-0.15, -0.1) is 0 Å². The Kier molecular flexibility index (Phi) is 12.4. The number of ether oxygens (including phenoxy) is 6. The monoisotopic (exact) mass is 605 g/mol. The summed E-state index contributed by atoms with van der Waals surface area (Å²) in [7, 11) is 3.31. The molecule has 1 amide bonds. The molecule has 42 heavy (non-hydrogen) atoms. The summed E-state index contributed by atoms with van der Waals surface area (Å²) in [6.45, 7) is 3.61. The number of amides is 1. The first-order valence-electron chi connectivity index (χ1n) is 15.5. The van der Waals surface area contributed by atoms with Gasteiger partial charge < -0.3 is 58.9 Å². The van der Waals surface area contributed by atoms with Crippen molar-refractivity contribution in [3.05, 3.63) is 0 Å². The van der Waals surface area contributed by atoms with Crippen LogP contribution < -0.4 is 0 Å². The van der Waals surface area contributed by atoms with Gasteiger partial charge in [-0.25, -0.2) is 0 Å². The number of carbonyl (C=O) groups is 1. The number of carbonyl (C=O) groups excluding carboxylic acids is 1. The van der Waals surface area contributed by atoms with E-state index in [1.54, 1.807) is 21.0 Å². The zero-order valence-corrected chi connectivity index (χ0v) is 25.2. The van der Waals surface area contributed by atoms with Gasteiger partial charge in [-0.05, 0) is 44.9 Å². The lowest BCUT2D eigenvalue weighted by Gasteiger charge is -2.45. The molecular formula is C29H51NO12. The molecule has 14 atom stereocenters. The molecule has 13 heteroatoms. The van der Waals surface area contributed by atoms with Crippen LogP contribution in [0.15, 0.2) is 0 Å². The molecule has 3 aliphatic heterocycles. The standard InChI is InChI=1S/C29H51NO12/c1-5-16-9-8-11-18(24(16)42-28-23(35)22(34)20(32)15(2)39-28)41-29-26-25(21(33)17(13-31)14-38-29)40-19(27(36)30(3)4)10-6-7-12-37-26/h15-26,28-29,31-35H,5-14H2,1-4H3. The van der Waals surface area contributed by atoms with Crippen LogP contribution in [0.1, 0.15) is 58.8 Å². The third kappa shape index (κ3) is 7.63. The Morgan fingerprint density at radius 2 is 1.60 bits per heavy atom. The number of aliphatic hydroxyl groups excluding tert-OH is 5. The minimum Gasteiger partial charge on any atom is -0.396 e. The van der Waals surface area contributed by atoms with E-state index in [2.05, 4.69) is 0 Å². The maximum absolute atomic E-state index is 13.0. The van der Waals surface area contributed by atoms with Crippen LogP contribution in [0.4, 0.5) is 0 Å². The smallest absolute Gasteiger partial charge is 0.251 e. The van der Waals surface area contributed by atoms with Crippen molar-refractivity contribution in [1.82, 2.24) is 4.90 Å². The maximum atomic E-state index is 13.0. The Balaban J connectivity index is 1.59. The lowest BCUT2D eigenvalue weighted by molar-refractivity contribution is -0.330. The average molecular weight is 606 g/mol. The number of hydrogen-bond acceptors (Lipinski definition) is 12. The molecule has 0 aromatic heterocycles. The number of nitrogens with zero attached hydrogens (tertiary/aromatic N) is 1. The molecule has 244 valence electrons. The van der Waals surface area contributed by atoms with Gasteiger partial charge in [-0.3, -0.25) is 4.79 Å². The fraction of sp³-hybridized carbons (Fsp3) is 0.966. The second-order valence-corrected chi connectivity index (χ2v) is 12.3. The Bertz CT molecular complexity index is 849. The van der Waals surface area contributed by atoms with E-state index in [4.69, 9.17) is 28.4 Å². The molecule has 5 N–H and O–H groups in total. The summed E-state index contributed by atoms with van der Waals surface area (Å²) in [4.78, 5) is 14.4. The third-order valence-electron chi connectivity index (χ3n) is 9.16. The Labute approximate surface area is 248 Å². The van der Waals surface area contributed by atoms with Crippen LogP contribution in [0.3, 0.4) is 0 Å². The van der Waals surface area contributed by atoms with Crippen molar-refractivity contribution in [3.63, 3.8) is 0 Å². The van der Waals surface area contributed by atoms with Crippen LogP contribution in [0.5, 0.6) is 0 Å². The Hall–Kier alpha value is -0.970. The quantitative estimate of drug-likeness (QED) is 0.253. The van der Waals surface area contributed by atoms with E-state index in [9.17, 15) is 30.3 Å². The highest BCUT2D eigenvalue weighted by Gasteiger charge is 2.50. The van der Waals surface area contributed by atoms with E-state index < -0.39 is 79.5 Å². The minimum absolute atomic E-state index is 0.0180. The molecule has 4 rings (SSSR count). The van der Waals surface area contributed by atoms with E-state index in [1.165, 1.54) is 4.90 Å². The molecule has 0 bridgehead atoms. The van der Waals surface area contributed by atoms with Crippen molar-refractivity contribution < 1.29 is 58.7 Å². The van der Waals surface area contributed by atoms with Gasteiger partial charge in [-0.2, -0.15) is 0 Å². The first kappa shape index (κ1) is 33.9. The summed E-state index contributed by atoms with van der Waals surface area (Å²) in [5.41, 5.74) is 0. The third-order valence-corrected chi connectivity index (χ3v) is 9.16. The Morgan fingerprint density at radius 3 is 2.29 bits per heavy atom. The zero-order chi connectivity index (χ0) is 30.6. The molecule has 0 aromatic rings. The van der Waals surface area contributed by atoms with E-state index in [1.807, 2.05) is 6.92 Å². The number of likely N-dealkylation sites (N-methyl/N-ethyl adjacent to an activating group) is 1. The number of rotatable bonds is 7. The summed E-state index contributed by atoms with van der Waals surface area (Å²) in [5, 5.41) is 52.5. The lowest BCUT2D eigenvalue weighted by Crippen LogP contribution is -2.59. The van der Waals surface area contributed by atoms with Crippen molar-refractivity contribution in [1.29, 1.82) is 0 Å². The highest BCUT2D eigenvalue weighted by molar-refractivity contribution is 5.80. The molecule has 0 aromatic carbocycles. The van der Waals surface area contributed by atoms with Gasteiger partial charge in [0, 0.05) is 26.6 Å². The summed E-state index contributed by atoms with van der Waals surface area (Å²) in [6.07, 6.45) is -7.08. The lowest BCUT2D eigenvalue weighted by atomic mass is 9.82. The van der Waals surface area contributed by atoms with Crippen molar-refractivity contribution in [2.24, 2.45) is 11.8 Å². The van der Waals surface area contributed by atoms with E-state index in [0.717, 1.165) is 19.3 Å². The van der Waals surface area contributed by atoms with Gasteiger partial charge >= 0.3 is 0 Å². The fourth-order valence-electron chi connectivity index (χ4n) is 6.46. The first-order valence-corrected chi connectivity index (χ1v) is 15.5. The summed E-state index contributed by atoms with van der Waals surface area (Å²) >= 11 is 0. The molecule has 14 unspecified atom stereocenters. The number of fused-ring (bicyclic) bond motifs is 1. The molecule has 0 radical (unpaired) electrons. The predicted octanol–water partition coefficient (Wildman–Crippen LogP) is -0.469. The van der Waals surface area contributed by atoms with Crippen LogP contribution in [-0.2, 0) is 33.2 Å². The Morgan fingerprint density at radius 1 is 0.833 bits per heavy atom. The average Bonchev–Trinajstić information content (AvgIpc) is 3.03. The largest absolute Gasteiger partial charge is 0.396 e. The zero-order valence-electron chi connectivity index (χ0n) is 25.2. The normalized spacial score (nSPS) is 45.5. The SMILES string of the molecule is CCC1CCCC(OC2OCC(CO)C(O)C3OC(C(=O)N(C)C)CCCCOC23)C1OC1OC(C)C(O)C(O)C1O. The highest BCUT2D eigenvalue weighted by atomic mass is 16.7. The summed E-state index contributed by atoms with van der Waals surface area (Å²) < 4.78 is 37.4.